The molecule has 24 heavy (non-hydrogen) atoms. The topological polar surface area (TPSA) is 58.4 Å². The molecule has 0 saturated carbocycles. The fourth-order valence-electron chi connectivity index (χ4n) is 3.21. The van der Waals surface area contributed by atoms with E-state index in [-0.39, 0.29) is 5.91 Å². The van der Waals surface area contributed by atoms with Crippen LogP contribution in [-0.2, 0) is 16.8 Å². The Bertz CT molecular complexity index is 697. The maximum absolute atomic E-state index is 12.4. The van der Waals surface area contributed by atoms with Gasteiger partial charge in [-0.1, -0.05) is 48.5 Å². The van der Waals surface area contributed by atoms with Gasteiger partial charge in [0.05, 0.1) is 0 Å². The summed E-state index contributed by atoms with van der Waals surface area (Å²) in [4.78, 5) is 14.8. The van der Waals surface area contributed by atoms with Crippen molar-refractivity contribution in [1.29, 1.82) is 0 Å². The molecule has 0 aliphatic carbocycles. The fourth-order valence-corrected chi connectivity index (χ4v) is 3.21. The molecule has 4 heteroatoms. The van der Waals surface area contributed by atoms with Crippen molar-refractivity contribution in [2.75, 3.05) is 24.5 Å². The summed E-state index contributed by atoms with van der Waals surface area (Å²) in [5.74, 6) is -0.129. The molecule has 0 aromatic heterocycles. The van der Waals surface area contributed by atoms with Crippen LogP contribution in [0.4, 0.5) is 5.69 Å². The quantitative estimate of drug-likeness (QED) is 0.803. The summed E-state index contributed by atoms with van der Waals surface area (Å²) in [6, 6.07) is 18.0. The summed E-state index contributed by atoms with van der Waals surface area (Å²) >= 11 is 0. The Labute approximate surface area is 143 Å². The number of rotatable bonds is 6. The van der Waals surface area contributed by atoms with Crippen molar-refractivity contribution in [3.63, 3.8) is 0 Å². The predicted molar refractivity (Wildman–Crippen MR) is 98.0 cm³/mol. The minimum atomic E-state index is -0.999. The van der Waals surface area contributed by atoms with E-state index in [1.54, 1.807) is 6.92 Å². The molecule has 1 aliphatic heterocycles. The molecule has 0 saturated heterocycles. The number of anilines is 1. The molecule has 1 heterocycles. The highest BCUT2D eigenvalue weighted by molar-refractivity contribution is 5.86. The fraction of sp³-hybridized carbons (Fsp3) is 0.350. The molecule has 1 atom stereocenters. The third-order valence-electron chi connectivity index (χ3n) is 4.72. The van der Waals surface area contributed by atoms with Crippen LogP contribution in [0.2, 0.25) is 0 Å². The normalized spacial score (nSPS) is 15.7. The third-order valence-corrected chi connectivity index (χ3v) is 4.72. The standard InChI is InChI=1S/C20H25N3O/c1-20(21,17-9-3-2-4-10-17)19(24)22-13-7-14-23-15-12-16-8-5-6-11-18(16)23/h2-6,8-11H,7,12-15,21H2,1H3,(H,22,24). The number of hydrogen-bond acceptors (Lipinski definition) is 3. The van der Waals surface area contributed by atoms with Gasteiger partial charge in [0.2, 0.25) is 5.91 Å². The molecule has 1 unspecified atom stereocenters. The second-order valence-corrected chi connectivity index (χ2v) is 6.54. The summed E-state index contributed by atoms with van der Waals surface area (Å²) < 4.78 is 0. The average molecular weight is 323 g/mol. The van der Waals surface area contributed by atoms with E-state index in [2.05, 4.69) is 34.5 Å². The van der Waals surface area contributed by atoms with Gasteiger partial charge in [-0.2, -0.15) is 0 Å². The average Bonchev–Trinajstić information content (AvgIpc) is 3.02. The maximum Gasteiger partial charge on any atom is 0.244 e. The van der Waals surface area contributed by atoms with Gasteiger partial charge in [0.25, 0.3) is 0 Å². The number of para-hydroxylation sites is 1. The molecule has 0 fully saturated rings. The van der Waals surface area contributed by atoms with Crippen molar-refractivity contribution in [3.05, 3.63) is 65.7 Å². The largest absolute Gasteiger partial charge is 0.371 e. The first-order valence-electron chi connectivity index (χ1n) is 8.54. The lowest BCUT2D eigenvalue weighted by Gasteiger charge is -2.25. The van der Waals surface area contributed by atoms with Gasteiger partial charge < -0.3 is 16.0 Å². The molecule has 126 valence electrons. The number of amides is 1. The highest BCUT2D eigenvalue weighted by Gasteiger charge is 2.29. The number of nitrogens with two attached hydrogens (primary N) is 1. The summed E-state index contributed by atoms with van der Waals surface area (Å²) in [5, 5.41) is 2.98. The summed E-state index contributed by atoms with van der Waals surface area (Å²) in [6.07, 6.45) is 2.02. The van der Waals surface area contributed by atoms with E-state index in [4.69, 9.17) is 5.73 Å². The first-order chi connectivity index (χ1) is 11.6. The lowest BCUT2D eigenvalue weighted by molar-refractivity contribution is -0.126. The Hall–Kier alpha value is -2.33. The van der Waals surface area contributed by atoms with E-state index in [9.17, 15) is 4.79 Å². The Kier molecular flexibility index (Phi) is 4.86. The van der Waals surface area contributed by atoms with Gasteiger partial charge in [-0.15, -0.1) is 0 Å². The van der Waals surface area contributed by atoms with Crippen molar-refractivity contribution in [1.82, 2.24) is 5.32 Å². The summed E-state index contributed by atoms with van der Waals surface area (Å²) in [6.45, 7) is 4.40. The van der Waals surface area contributed by atoms with Crippen LogP contribution in [0.3, 0.4) is 0 Å². The van der Waals surface area contributed by atoms with Crippen LogP contribution in [-0.4, -0.2) is 25.5 Å². The maximum atomic E-state index is 12.4. The zero-order valence-corrected chi connectivity index (χ0v) is 14.2. The zero-order chi connectivity index (χ0) is 17.0. The Morgan fingerprint density at radius 1 is 1.17 bits per heavy atom. The molecular formula is C20H25N3O. The monoisotopic (exact) mass is 323 g/mol. The third kappa shape index (κ3) is 3.44. The Morgan fingerprint density at radius 3 is 2.67 bits per heavy atom. The molecule has 2 aromatic carbocycles. The van der Waals surface area contributed by atoms with Crippen LogP contribution in [0.1, 0.15) is 24.5 Å². The second-order valence-electron chi connectivity index (χ2n) is 6.54. The van der Waals surface area contributed by atoms with Gasteiger partial charge in [-0.05, 0) is 37.0 Å². The first-order valence-corrected chi connectivity index (χ1v) is 8.54. The minimum absolute atomic E-state index is 0.129. The van der Waals surface area contributed by atoms with Crippen LogP contribution >= 0.6 is 0 Å². The predicted octanol–water partition coefficient (Wildman–Crippen LogP) is 2.43. The van der Waals surface area contributed by atoms with E-state index < -0.39 is 5.54 Å². The summed E-state index contributed by atoms with van der Waals surface area (Å²) in [7, 11) is 0. The SMILES string of the molecule is CC(N)(C(=O)NCCCN1CCc2ccccc21)c1ccccc1. The van der Waals surface area contributed by atoms with Crippen LogP contribution in [0, 0.1) is 0 Å². The van der Waals surface area contributed by atoms with E-state index in [0.29, 0.717) is 6.54 Å². The number of nitrogens with one attached hydrogen (secondary N) is 1. The molecule has 1 aliphatic rings. The van der Waals surface area contributed by atoms with Crippen molar-refractivity contribution >= 4 is 11.6 Å². The molecule has 0 bridgehead atoms. The molecule has 0 spiro atoms. The van der Waals surface area contributed by atoms with Gasteiger partial charge in [0, 0.05) is 25.3 Å². The Balaban J connectivity index is 1.48. The van der Waals surface area contributed by atoms with Gasteiger partial charge in [0.15, 0.2) is 0 Å². The number of hydrogen-bond donors (Lipinski definition) is 2. The van der Waals surface area contributed by atoms with Crippen LogP contribution in [0.25, 0.3) is 0 Å². The van der Waals surface area contributed by atoms with E-state index >= 15 is 0 Å². The highest BCUT2D eigenvalue weighted by atomic mass is 16.2. The van der Waals surface area contributed by atoms with Crippen molar-refractivity contribution in [3.8, 4) is 0 Å². The molecule has 2 aromatic rings. The van der Waals surface area contributed by atoms with Crippen molar-refractivity contribution in [2.45, 2.75) is 25.3 Å². The zero-order valence-electron chi connectivity index (χ0n) is 14.2. The molecule has 3 N–H and O–H groups in total. The number of benzene rings is 2. The van der Waals surface area contributed by atoms with E-state index in [1.165, 1.54) is 11.3 Å². The minimum Gasteiger partial charge on any atom is -0.371 e. The lowest BCUT2D eigenvalue weighted by atomic mass is 9.92. The molecular weight excluding hydrogens is 298 g/mol. The summed E-state index contributed by atoms with van der Waals surface area (Å²) in [5.41, 5.74) is 8.80. The van der Waals surface area contributed by atoms with Gasteiger partial charge >= 0.3 is 0 Å². The number of carbonyl (C=O) groups excluding carboxylic acids is 1. The molecule has 0 radical (unpaired) electrons. The molecule has 4 nitrogen and oxygen atoms in total. The second kappa shape index (κ2) is 7.05. The van der Waals surface area contributed by atoms with Gasteiger partial charge in [-0.25, -0.2) is 0 Å². The number of carbonyl (C=O) groups is 1. The smallest absolute Gasteiger partial charge is 0.244 e. The van der Waals surface area contributed by atoms with Crippen LogP contribution in [0.15, 0.2) is 54.6 Å². The van der Waals surface area contributed by atoms with Crippen LogP contribution < -0.4 is 16.0 Å². The highest BCUT2D eigenvalue weighted by Crippen LogP contribution is 2.27. The number of fused-ring (bicyclic) bond motifs is 1. The van der Waals surface area contributed by atoms with Crippen molar-refractivity contribution < 1.29 is 4.79 Å². The number of nitrogens with zero attached hydrogens (tertiary/aromatic N) is 1. The van der Waals surface area contributed by atoms with Crippen LogP contribution in [0.5, 0.6) is 0 Å². The Morgan fingerprint density at radius 2 is 1.88 bits per heavy atom. The van der Waals surface area contributed by atoms with Crippen molar-refractivity contribution in [2.24, 2.45) is 5.73 Å². The molecule has 3 rings (SSSR count). The lowest BCUT2D eigenvalue weighted by Crippen LogP contribution is -2.49. The first kappa shape index (κ1) is 16.5. The van der Waals surface area contributed by atoms with Gasteiger partial charge in [0.1, 0.15) is 5.54 Å². The van der Waals surface area contributed by atoms with E-state index in [1.807, 2.05) is 30.3 Å². The van der Waals surface area contributed by atoms with Gasteiger partial charge in [-0.3, -0.25) is 4.79 Å². The molecule has 1 amide bonds. The van der Waals surface area contributed by atoms with E-state index in [0.717, 1.165) is 31.5 Å².